The summed E-state index contributed by atoms with van der Waals surface area (Å²) < 4.78 is 24.6. The third-order valence-electron chi connectivity index (χ3n) is 4.70. The van der Waals surface area contributed by atoms with Crippen LogP contribution in [0.3, 0.4) is 0 Å². The average Bonchev–Trinajstić information content (AvgIpc) is 2.66. The second-order valence-electron chi connectivity index (χ2n) is 7.52. The molecule has 2 N–H and O–H groups in total. The van der Waals surface area contributed by atoms with Crippen LogP contribution in [-0.2, 0) is 4.74 Å². The number of guanidine groups is 1. The first-order chi connectivity index (χ1) is 13.5. The Bertz CT molecular complexity index is 604. The van der Waals surface area contributed by atoms with Gasteiger partial charge in [-0.15, -0.1) is 0 Å². The largest absolute Gasteiger partial charge is 0.489 e. The first-order valence-corrected chi connectivity index (χ1v) is 10.2. The third-order valence-corrected chi connectivity index (χ3v) is 4.70. The summed E-state index contributed by atoms with van der Waals surface area (Å²) in [4.78, 5) is 6.76. The summed E-state index contributed by atoms with van der Waals surface area (Å²) >= 11 is 0. The molecule has 1 aliphatic rings. The Labute approximate surface area is 168 Å². The highest BCUT2D eigenvalue weighted by Crippen LogP contribution is 2.13. The van der Waals surface area contributed by atoms with Gasteiger partial charge in [-0.05, 0) is 45.7 Å². The maximum absolute atomic E-state index is 13.2. The second-order valence-corrected chi connectivity index (χ2v) is 7.52. The molecule has 0 bridgehead atoms. The van der Waals surface area contributed by atoms with Crippen molar-refractivity contribution in [2.45, 2.75) is 51.9 Å². The molecule has 0 aliphatic carbocycles. The smallest absolute Gasteiger partial charge is 0.191 e. The lowest BCUT2D eigenvalue weighted by molar-refractivity contribution is 0.0532. The monoisotopic (exact) mass is 394 g/mol. The molecule has 0 saturated carbocycles. The van der Waals surface area contributed by atoms with Gasteiger partial charge in [0.2, 0.25) is 0 Å². The van der Waals surface area contributed by atoms with Crippen molar-refractivity contribution in [3.05, 3.63) is 30.1 Å². The van der Waals surface area contributed by atoms with Crippen LogP contribution in [0.25, 0.3) is 0 Å². The highest BCUT2D eigenvalue weighted by molar-refractivity contribution is 5.80. The number of benzene rings is 1. The molecule has 6 nitrogen and oxygen atoms in total. The van der Waals surface area contributed by atoms with Gasteiger partial charge >= 0.3 is 0 Å². The van der Waals surface area contributed by atoms with E-state index in [1.807, 2.05) is 6.92 Å². The summed E-state index contributed by atoms with van der Waals surface area (Å²) in [6.07, 6.45) is 2.35. The molecule has 1 saturated heterocycles. The van der Waals surface area contributed by atoms with Crippen LogP contribution in [0.2, 0.25) is 0 Å². The van der Waals surface area contributed by atoms with E-state index in [4.69, 9.17) is 9.47 Å². The van der Waals surface area contributed by atoms with Gasteiger partial charge in [-0.2, -0.15) is 0 Å². The number of aliphatic imine (C=N–C) groups is 1. The van der Waals surface area contributed by atoms with Crippen molar-refractivity contribution in [1.29, 1.82) is 0 Å². The number of ether oxygens (including phenoxy) is 2. The number of piperidine rings is 1. The van der Waals surface area contributed by atoms with Crippen molar-refractivity contribution in [2.24, 2.45) is 4.99 Å². The summed E-state index contributed by atoms with van der Waals surface area (Å²) in [7, 11) is 1.77. The Balaban J connectivity index is 1.66. The number of rotatable bonds is 9. The van der Waals surface area contributed by atoms with Crippen LogP contribution in [0.1, 0.15) is 33.6 Å². The van der Waals surface area contributed by atoms with Crippen molar-refractivity contribution >= 4 is 5.96 Å². The molecule has 1 heterocycles. The van der Waals surface area contributed by atoms with E-state index in [-0.39, 0.29) is 11.9 Å². The summed E-state index contributed by atoms with van der Waals surface area (Å²) in [5.41, 5.74) is 0. The Kier molecular flexibility index (Phi) is 9.50. The van der Waals surface area contributed by atoms with Gasteiger partial charge in [0.15, 0.2) is 5.96 Å². The fourth-order valence-electron chi connectivity index (χ4n) is 3.16. The lowest BCUT2D eigenvalue weighted by Gasteiger charge is -2.33. The Morgan fingerprint density at radius 3 is 2.68 bits per heavy atom. The van der Waals surface area contributed by atoms with E-state index in [0.717, 1.165) is 45.0 Å². The van der Waals surface area contributed by atoms with Crippen LogP contribution in [0.4, 0.5) is 4.39 Å². The number of hydrogen-bond donors (Lipinski definition) is 2. The molecule has 0 spiro atoms. The van der Waals surface area contributed by atoms with Crippen LogP contribution >= 0.6 is 0 Å². The number of halogens is 1. The highest BCUT2D eigenvalue weighted by Gasteiger charge is 2.20. The molecule has 7 heteroatoms. The summed E-state index contributed by atoms with van der Waals surface area (Å²) in [6, 6.07) is 6.61. The molecule has 0 aromatic heterocycles. The molecule has 1 aromatic rings. The van der Waals surface area contributed by atoms with E-state index in [1.165, 1.54) is 12.1 Å². The second kappa shape index (κ2) is 11.9. The van der Waals surface area contributed by atoms with E-state index in [9.17, 15) is 4.39 Å². The molecule has 28 heavy (non-hydrogen) atoms. The lowest BCUT2D eigenvalue weighted by atomic mass is 10.1. The van der Waals surface area contributed by atoms with E-state index in [1.54, 1.807) is 19.2 Å². The van der Waals surface area contributed by atoms with Gasteiger partial charge in [-0.25, -0.2) is 4.39 Å². The van der Waals surface area contributed by atoms with Gasteiger partial charge in [-0.3, -0.25) is 4.99 Å². The number of nitrogens with zero attached hydrogens (tertiary/aromatic N) is 2. The average molecular weight is 395 g/mol. The highest BCUT2D eigenvalue weighted by atomic mass is 19.1. The molecule has 1 aromatic carbocycles. The van der Waals surface area contributed by atoms with Crippen LogP contribution < -0.4 is 15.4 Å². The molecule has 1 aliphatic heterocycles. The maximum atomic E-state index is 13.2. The van der Waals surface area contributed by atoms with Crippen molar-refractivity contribution in [1.82, 2.24) is 15.5 Å². The number of nitrogens with one attached hydrogen (secondary N) is 2. The predicted molar refractivity (Wildman–Crippen MR) is 112 cm³/mol. The Morgan fingerprint density at radius 1 is 1.29 bits per heavy atom. The Morgan fingerprint density at radius 2 is 2.04 bits per heavy atom. The Hall–Kier alpha value is -1.86. The van der Waals surface area contributed by atoms with Gasteiger partial charge in [0.05, 0.1) is 19.3 Å². The number of likely N-dealkylation sites (tertiary alicyclic amines) is 1. The van der Waals surface area contributed by atoms with Crippen molar-refractivity contribution in [3.8, 4) is 5.75 Å². The third kappa shape index (κ3) is 8.44. The molecule has 0 amide bonds. The van der Waals surface area contributed by atoms with Crippen LogP contribution in [0.15, 0.2) is 29.3 Å². The molecular formula is C21H35FN4O2. The minimum absolute atomic E-state index is 0.108. The fourth-order valence-corrected chi connectivity index (χ4v) is 3.16. The van der Waals surface area contributed by atoms with Crippen molar-refractivity contribution in [3.63, 3.8) is 0 Å². The molecular weight excluding hydrogens is 359 g/mol. The molecule has 1 atom stereocenters. The predicted octanol–water partition coefficient (Wildman–Crippen LogP) is 2.65. The standard InChI is InChI=1S/C21H35FN4O2/c1-16(2)27-13-12-26-10-8-19(9-11-26)25-21(23-4)24-15-17(3)28-20-7-5-6-18(22)14-20/h5-7,14,16-17,19H,8-13,15H2,1-4H3,(H2,23,24,25). The topological polar surface area (TPSA) is 58.1 Å². The normalized spacial score (nSPS) is 17.6. The zero-order valence-corrected chi connectivity index (χ0v) is 17.6. The minimum Gasteiger partial charge on any atom is -0.489 e. The molecule has 158 valence electrons. The van der Waals surface area contributed by atoms with Crippen LogP contribution in [-0.4, -0.2) is 68.9 Å². The van der Waals surface area contributed by atoms with Gasteiger partial charge in [-0.1, -0.05) is 6.07 Å². The lowest BCUT2D eigenvalue weighted by Crippen LogP contribution is -2.50. The maximum Gasteiger partial charge on any atom is 0.191 e. The van der Waals surface area contributed by atoms with E-state index < -0.39 is 0 Å². The van der Waals surface area contributed by atoms with Gasteiger partial charge < -0.3 is 25.0 Å². The quantitative estimate of drug-likeness (QED) is 0.498. The SMILES string of the molecule is CN=C(NCC(C)Oc1cccc(F)c1)NC1CCN(CCOC(C)C)CC1. The molecule has 2 rings (SSSR count). The number of hydrogen-bond acceptors (Lipinski definition) is 4. The van der Waals surface area contributed by atoms with Crippen molar-refractivity contribution < 1.29 is 13.9 Å². The zero-order valence-electron chi connectivity index (χ0n) is 17.6. The summed E-state index contributed by atoms with van der Waals surface area (Å²) in [5, 5.41) is 6.79. The van der Waals surface area contributed by atoms with Crippen LogP contribution in [0.5, 0.6) is 5.75 Å². The molecule has 0 radical (unpaired) electrons. The van der Waals surface area contributed by atoms with Gasteiger partial charge in [0.25, 0.3) is 0 Å². The van der Waals surface area contributed by atoms with Crippen molar-refractivity contribution in [2.75, 3.05) is 39.8 Å². The van der Waals surface area contributed by atoms with E-state index in [0.29, 0.717) is 24.4 Å². The summed E-state index contributed by atoms with van der Waals surface area (Å²) in [6.45, 7) is 10.6. The van der Waals surface area contributed by atoms with Gasteiger partial charge in [0, 0.05) is 38.8 Å². The van der Waals surface area contributed by atoms with E-state index in [2.05, 4.69) is 34.4 Å². The molecule has 1 fully saturated rings. The molecule has 1 unspecified atom stereocenters. The first-order valence-electron chi connectivity index (χ1n) is 10.2. The summed E-state index contributed by atoms with van der Waals surface area (Å²) in [5.74, 6) is 1.01. The minimum atomic E-state index is -0.294. The van der Waals surface area contributed by atoms with E-state index >= 15 is 0 Å². The van der Waals surface area contributed by atoms with Gasteiger partial charge in [0.1, 0.15) is 17.7 Å². The van der Waals surface area contributed by atoms with Crippen LogP contribution in [0, 0.1) is 5.82 Å². The fraction of sp³-hybridized carbons (Fsp3) is 0.667. The first kappa shape index (κ1) is 22.4. The zero-order chi connectivity index (χ0) is 20.4.